The number of halogens is 1. The molecule has 0 aliphatic rings. The van der Waals surface area contributed by atoms with Gasteiger partial charge in [0.25, 0.3) is 0 Å². The second kappa shape index (κ2) is 5.32. The quantitative estimate of drug-likeness (QED) is 0.844. The smallest absolute Gasteiger partial charge is 0.127 e. The van der Waals surface area contributed by atoms with Crippen molar-refractivity contribution < 1.29 is 4.74 Å². The van der Waals surface area contributed by atoms with E-state index in [2.05, 4.69) is 0 Å². The van der Waals surface area contributed by atoms with Gasteiger partial charge in [0.2, 0.25) is 0 Å². The van der Waals surface area contributed by atoms with Crippen LogP contribution in [0, 0.1) is 13.8 Å². The normalized spacial score (nSPS) is 10.4. The third kappa shape index (κ3) is 2.77. The molecule has 18 heavy (non-hydrogen) atoms. The summed E-state index contributed by atoms with van der Waals surface area (Å²) in [4.78, 5) is 0. The molecule has 0 saturated heterocycles. The maximum atomic E-state index is 5.88. The van der Waals surface area contributed by atoms with E-state index in [0.717, 1.165) is 33.1 Å². The number of hydrogen-bond acceptors (Lipinski definition) is 2. The van der Waals surface area contributed by atoms with Crippen LogP contribution in [-0.2, 0) is 6.61 Å². The van der Waals surface area contributed by atoms with Crippen molar-refractivity contribution in [2.75, 3.05) is 5.73 Å². The van der Waals surface area contributed by atoms with Crippen LogP contribution in [0.15, 0.2) is 36.4 Å². The Hall–Kier alpha value is -1.67. The lowest BCUT2D eigenvalue weighted by atomic mass is 10.1. The molecule has 0 aliphatic heterocycles. The van der Waals surface area contributed by atoms with Gasteiger partial charge in [-0.1, -0.05) is 29.8 Å². The number of benzene rings is 2. The minimum atomic E-state index is 0.516. The van der Waals surface area contributed by atoms with Gasteiger partial charge >= 0.3 is 0 Å². The lowest BCUT2D eigenvalue weighted by Crippen LogP contribution is -2.01. The van der Waals surface area contributed by atoms with Crippen molar-refractivity contribution in [1.82, 2.24) is 0 Å². The summed E-state index contributed by atoms with van der Waals surface area (Å²) in [5.41, 5.74) is 9.80. The summed E-state index contributed by atoms with van der Waals surface area (Å²) in [5, 5.41) is 0.732. The Kier molecular flexibility index (Phi) is 3.78. The lowest BCUT2D eigenvalue weighted by Gasteiger charge is -2.13. The van der Waals surface area contributed by atoms with Crippen molar-refractivity contribution in [2.24, 2.45) is 0 Å². The third-order valence-corrected chi connectivity index (χ3v) is 3.19. The second-order valence-electron chi connectivity index (χ2n) is 4.34. The monoisotopic (exact) mass is 261 g/mol. The van der Waals surface area contributed by atoms with Gasteiger partial charge in [-0.25, -0.2) is 0 Å². The topological polar surface area (TPSA) is 35.2 Å². The molecule has 0 aromatic heterocycles. The van der Waals surface area contributed by atoms with Crippen LogP contribution in [0.5, 0.6) is 5.75 Å². The van der Waals surface area contributed by atoms with Crippen molar-refractivity contribution in [1.29, 1.82) is 0 Å². The number of hydrogen-bond donors (Lipinski definition) is 1. The predicted molar refractivity (Wildman–Crippen MR) is 76.1 cm³/mol. The first kappa shape index (κ1) is 12.8. The first-order chi connectivity index (χ1) is 8.58. The van der Waals surface area contributed by atoms with Crippen molar-refractivity contribution in [3.05, 3.63) is 58.1 Å². The van der Waals surface area contributed by atoms with E-state index in [1.807, 2.05) is 50.2 Å². The summed E-state index contributed by atoms with van der Waals surface area (Å²) in [7, 11) is 0. The minimum Gasteiger partial charge on any atom is -0.488 e. The fraction of sp³-hybridized carbons (Fsp3) is 0.200. The van der Waals surface area contributed by atoms with Gasteiger partial charge in [0, 0.05) is 16.3 Å². The van der Waals surface area contributed by atoms with Crippen LogP contribution < -0.4 is 10.5 Å². The van der Waals surface area contributed by atoms with Crippen LogP contribution in [0.2, 0.25) is 5.02 Å². The first-order valence-corrected chi connectivity index (χ1v) is 6.18. The maximum absolute atomic E-state index is 5.88. The molecule has 0 unspecified atom stereocenters. The third-order valence-electron chi connectivity index (χ3n) is 2.94. The van der Waals surface area contributed by atoms with E-state index in [-0.39, 0.29) is 0 Å². The molecule has 94 valence electrons. The summed E-state index contributed by atoms with van der Waals surface area (Å²) in [6.45, 7) is 4.51. The van der Waals surface area contributed by atoms with E-state index >= 15 is 0 Å². The van der Waals surface area contributed by atoms with Crippen molar-refractivity contribution >= 4 is 17.3 Å². The number of nitrogens with two attached hydrogens (primary N) is 1. The molecule has 0 atom stereocenters. The Morgan fingerprint density at radius 2 is 1.72 bits per heavy atom. The Labute approximate surface area is 112 Å². The van der Waals surface area contributed by atoms with Crippen LogP contribution in [0.4, 0.5) is 5.69 Å². The SMILES string of the molecule is Cc1ccc(N)c(C)c1OCc1ccc(Cl)cc1. The molecule has 0 aliphatic carbocycles. The fourth-order valence-corrected chi connectivity index (χ4v) is 1.93. The molecule has 0 bridgehead atoms. The number of nitrogen functional groups attached to an aromatic ring is 1. The zero-order valence-electron chi connectivity index (χ0n) is 10.5. The Bertz CT molecular complexity index is 549. The van der Waals surface area contributed by atoms with Crippen LogP contribution in [0.1, 0.15) is 16.7 Å². The van der Waals surface area contributed by atoms with Crippen molar-refractivity contribution in [3.63, 3.8) is 0 Å². The highest BCUT2D eigenvalue weighted by Crippen LogP contribution is 2.28. The van der Waals surface area contributed by atoms with Gasteiger partial charge in [-0.2, -0.15) is 0 Å². The summed E-state index contributed by atoms with van der Waals surface area (Å²) >= 11 is 5.84. The molecule has 0 spiro atoms. The molecule has 2 rings (SSSR count). The fourth-order valence-electron chi connectivity index (χ4n) is 1.80. The Morgan fingerprint density at radius 1 is 1.06 bits per heavy atom. The van der Waals surface area contributed by atoms with E-state index in [4.69, 9.17) is 22.1 Å². The average Bonchev–Trinajstić information content (AvgIpc) is 2.36. The number of aryl methyl sites for hydroxylation is 1. The Balaban J connectivity index is 2.15. The molecule has 0 radical (unpaired) electrons. The van der Waals surface area contributed by atoms with Crippen molar-refractivity contribution in [2.45, 2.75) is 20.5 Å². The zero-order chi connectivity index (χ0) is 13.1. The van der Waals surface area contributed by atoms with Crippen LogP contribution in [0.25, 0.3) is 0 Å². The first-order valence-electron chi connectivity index (χ1n) is 5.81. The highest BCUT2D eigenvalue weighted by molar-refractivity contribution is 6.30. The molecule has 2 aromatic rings. The van der Waals surface area contributed by atoms with E-state index in [0.29, 0.717) is 6.61 Å². The summed E-state index contributed by atoms with van der Waals surface area (Å²) < 4.78 is 5.85. The standard InChI is InChI=1S/C15H16ClNO/c1-10-3-8-14(17)11(2)15(10)18-9-12-4-6-13(16)7-5-12/h3-8H,9,17H2,1-2H3. The molecular weight excluding hydrogens is 246 g/mol. The van der Waals surface area contributed by atoms with Crippen molar-refractivity contribution in [3.8, 4) is 5.75 Å². The van der Waals surface area contributed by atoms with E-state index in [9.17, 15) is 0 Å². The van der Waals surface area contributed by atoms with Gasteiger partial charge in [0.05, 0.1) is 0 Å². The van der Waals surface area contributed by atoms with Gasteiger partial charge in [-0.3, -0.25) is 0 Å². The van der Waals surface area contributed by atoms with Crippen LogP contribution in [0.3, 0.4) is 0 Å². The summed E-state index contributed by atoms with van der Waals surface area (Å²) in [5.74, 6) is 0.866. The molecular formula is C15H16ClNO. The van der Waals surface area contributed by atoms with Gasteiger partial charge < -0.3 is 10.5 Å². The van der Waals surface area contributed by atoms with Gasteiger partial charge in [-0.15, -0.1) is 0 Å². The second-order valence-corrected chi connectivity index (χ2v) is 4.78. The maximum Gasteiger partial charge on any atom is 0.127 e. The molecule has 0 fully saturated rings. The summed E-state index contributed by atoms with van der Waals surface area (Å²) in [6.07, 6.45) is 0. The van der Waals surface area contributed by atoms with Crippen LogP contribution >= 0.6 is 11.6 Å². The Morgan fingerprint density at radius 3 is 2.39 bits per heavy atom. The number of rotatable bonds is 3. The zero-order valence-corrected chi connectivity index (χ0v) is 11.3. The average molecular weight is 262 g/mol. The summed E-state index contributed by atoms with van der Waals surface area (Å²) in [6, 6.07) is 11.5. The molecule has 0 heterocycles. The van der Waals surface area contributed by atoms with Gasteiger partial charge in [0.15, 0.2) is 0 Å². The van der Waals surface area contributed by atoms with E-state index < -0.39 is 0 Å². The molecule has 3 heteroatoms. The number of ether oxygens (including phenoxy) is 1. The molecule has 2 N–H and O–H groups in total. The largest absolute Gasteiger partial charge is 0.488 e. The van der Waals surface area contributed by atoms with E-state index in [1.54, 1.807) is 0 Å². The highest BCUT2D eigenvalue weighted by atomic mass is 35.5. The van der Waals surface area contributed by atoms with E-state index in [1.165, 1.54) is 0 Å². The van der Waals surface area contributed by atoms with Gasteiger partial charge in [-0.05, 0) is 43.2 Å². The molecule has 2 nitrogen and oxygen atoms in total. The van der Waals surface area contributed by atoms with Crippen LogP contribution in [-0.4, -0.2) is 0 Å². The number of anilines is 1. The minimum absolute atomic E-state index is 0.516. The molecule has 0 saturated carbocycles. The molecule has 0 amide bonds. The van der Waals surface area contributed by atoms with Gasteiger partial charge in [0.1, 0.15) is 12.4 Å². The lowest BCUT2D eigenvalue weighted by molar-refractivity contribution is 0.302. The molecule has 2 aromatic carbocycles. The highest BCUT2D eigenvalue weighted by Gasteiger charge is 2.07. The predicted octanol–water partition coefficient (Wildman–Crippen LogP) is 4.12.